The number of aromatic nitrogens is 2. The van der Waals surface area contributed by atoms with Gasteiger partial charge < -0.3 is 5.32 Å². The Kier molecular flexibility index (Phi) is 3.98. The van der Waals surface area contributed by atoms with Crippen LogP contribution >= 0.6 is 11.3 Å². The first kappa shape index (κ1) is 13.7. The van der Waals surface area contributed by atoms with E-state index in [1.807, 2.05) is 6.92 Å². The van der Waals surface area contributed by atoms with E-state index in [0.29, 0.717) is 6.42 Å². The van der Waals surface area contributed by atoms with Crippen molar-refractivity contribution in [2.45, 2.75) is 13.3 Å². The highest BCUT2D eigenvalue weighted by molar-refractivity contribution is 7.09. The first-order valence-electron chi connectivity index (χ1n) is 5.34. The van der Waals surface area contributed by atoms with Gasteiger partial charge in [-0.15, -0.1) is 11.3 Å². The smallest absolute Gasteiger partial charge is 0.253 e. The molecule has 8 heteroatoms. The zero-order valence-electron chi connectivity index (χ0n) is 9.81. The fourth-order valence-electron chi connectivity index (χ4n) is 1.48. The van der Waals surface area contributed by atoms with Gasteiger partial charge in [-0.25, -0.2) is 4.98 Å². The van der Waals surface area contributed by atoms with Gasteiger partial charge in [0.1, 0.15) is 5.69 Å². The summed E-state index contributed by atoms with van der Waals surface area (Å²) in [5, 5.41) is 4.99. The number of thiazole rings is 1. The Morgan fingerprint density at radius 3 is 2.26 bits per heavy atom. The molecule has 0 aromatic carbocycles. The van der Waals surface area contributed by atoms with Crippen molar-refractivity contribution < 1.29 is 17.6 Å². The summed E-state index contributed by atoms with van der Waals surface area (Å²) in [5.41, 5.74) is -0.109. The van der Waals surface area contributed by atoms with E-state index in [1.165, 1.54) is 11.3 Å². The summed E-state index contributed by atoms with van der Waals surface area (Å²) in [5.74, 6) is -6.42. The predicted molar refractivity (Wildman–Crippen MR) is 63.1 cm³/mol. The molecular formula is C11H9F4N3S. The lowest BCUT2D eigenvalue weighted by Crippen LogP contribution is -2.12. The minimum absolute atomic E-state index is 0.0971. The monoisotopic (exact) mass is 291 g/mol. The largest absolute Gasteiger partial charge is 0.380 e. The molecule has 0 amide bonds. The van der Waals surface area contributed by atoms with Crippen molar-refractivity contribution in [3.63, 3.8) is 0 Å². The normalized spacial score (nSPS) is 10.8. The lowest BCUT2D eigenvalue weighted by Gasteiger charge is -2.08. The quantitative estimate of drug-likeness (QED) is 0.695. The Labute approximate surface area is 110 Å². The van der Waals surface area contributed by atoms with Crippen LogP contribution in [-0.2, 0) is 6.42 Å². The van der Waals surface area contributed by atoms with Gasteiger partial charge in [0.2, 0.25) is 11.6 Å². The van der Waals surface area contributed by atoms with Crippen molar-refractivity contribution in [3.05, 3.63) is 39.6 Å². The van der Waals surface area contributed by atoms with E-state index in [4.69, 9.17) is 0 Å². The fourth-order valence-corrected chi connectivity index (χ4v) is 2.13. The third kappa shape index (κ3) is 3.01. The van der Waals surface area contributed by atoms with Crippen molar-refractivity contribution in [3.8, 4) is 0 Å². The molecule has 2 heterocycles. The van der Waals surface area contributed by atoms with Crippen molar-refractivity contribution in [1.29, 1.82) is 0 Å². The molecule has 2 aromatic heterocycles. The Bertz CT molecular complexity index is 574. The number of nitrogens with one attached hydrogen (secondary N) is 1. The van der Waals surface area contributed by atoms with E-state index < -0.39 is 29.2 Å². The summed E-state index contributed by atoms with van der Waals surface area (Å²) < 4.78 is 52.2. The molecule has 3 nitrogen and oxygen atoms in total. The molecule has 0 bridgehead atoms. The van der Waals surface area contributed by atoms with Crippen LogP contribution in [0.25, 0.3) is 0 Å². The SMILES string of the molecule is Cc1nc(CCNc2c(F)c(F)nc(F)c2F)cs1. The molecule has 19 heavy (non-hydrogen) atoms. The van der Waals surface area contributed by atoms with Crippen LogP contribution in [0.2, 0.25) is 0 Å². The van der Waals surface area contributed by atoms with E-state index >= 15 is 0 Å². The van der Waals surface area contributed by atoms with E-state index in [-0.39, 0.29) is 6.54 Å². The van der Waals surface area contributed by atoms with Crippen LogP contribution in [0, 0.1) is 30.5 Å². The van der Waals surface area contributed by atoms with Gasteiger partial charge in [0.05, 0.1) is 10.7 Å². The van der Waals surface area contributed by atoms with Gasteiger partial charge in [0.25, 0.3) is 11.9 Å². The van der Waals surface area contributed by atoms with Crippen LogP contribution < -0.4 is 5.32 Å². The third-order valence-corrected chi connectivity index (χ3v) is 3.17. The fraction of sp³-hybridized carbons (Fsp3) is 0.273. The number of aryl methyl sites for hydroxylation is 1. The highest BCUT2D eigenvalue weighted by Gasteiger charge is 2.20. The number of halogens is 4. The Morgan fingerprint density at radius 1 is 1.11 bits per heavy atom. The van der Waals surface area contributed by atoms with E-state index in [0.717, 1.165) is 10.7 Å². The maximum Gasteiger partial charge on any atom is 0.253 e. The summed E-state index contributed by atoms with van der Waals surface area (Å²) in [6.07, 6.45) is 0.384. The molecule has 0 saturated carbocycles. The summed E-state index contributed by atoms with van der Waals surface area (Å²) in [7, 11) is 0. The first-order chi connectivity index (χ1) is 8.99. The number of hydrogen-bond acceptors (Lipinski definition) is 4. The second kappa shape index (κ2) is 5.52. The van der Waals surface area contributed by atoms with Gasteiger partial charge in [-0.1, -0.05) is 0 Å². The van der Waals surface area contributed by atoms with Crippen molar-refractivity contribution in [2.24, 2.45) is 0 Å². The van der Waals surface area contributed by atoms with Gasteiger partial charge in [0.15, 0.2) is 0 Å². The topological polar surface area (TPSA) is 37.8 Å². The number of pyridine rings is 1. The minimum atomic E-state index is -1.68. The maximum absolute atomic E-state index is 13.3. The van der Waals surface area contributed by atoms with Crippen LogP contribution in [0.3, 0.4) is 0 Å². The second-order valence-corrected chi connectivity index (χ2v) is 4.79. The highest BCUT2D eigenvalue weighted by Crippen LogP contribution is 2.21. The van der Waals surface area contributed by atoms with Gasteiger partial charge >= 0.3 is 0 Å². The van der Waals surface area contributed by atoms with Crippen LogP contribution in [0.1, 0.15) is 10.7 Å². The highest BCUT2D eigenvalue weighted by atomic mass is 32.1. The lowest BCUT2D eigenvalue weighted by atomic mass is 10.3. The van der Waals surface area contributed by atoms with Crippen LogP contribution in [0.5, 0.6) is 0 Å². The molecule has 2 rings (SSSR count). The van der Waals surface area contributed by atoms with Crippen molar-refractivity contribution in [1.82, 2.24) is 9.97 Å². The summed E-state index contributed by atoms with van der Waals surface area (Å²) >= 11 is 1.44. The van der Waals surface area contributed by atoms with Gasteiger partial charge in [-0.05, 0) is 6.92 Å². The molecule has 0 aliphatic heterocycles. The number of hydrogen-bond donors (Lipinski definition) is 1. The Balaban J connectivity index is 2.07. The van der Waals surface area contributed by atoms with Crippen molar-refractivity contribution >= 4 is 17.0 Å². The number of rotatable bonds is 4. The third-order valence-electron chi connectivity index (χ3n) is 2.35. The number of nitrogens with zero attached hydrogens (tertiary/aromatic N) is 2. The molecule has 0 radical (unpaired) electrons. The molecule has 1 N–H and O–H groups in total. The van der Waals surface area contributed by atoms with E-state index in [1.54, 1.807) is 5.38 Å². The minimum Gasteiger partial charge on any atom is -0.380 e. The van der Waals surface area contributed by atoms with Crippen LogP contribution in [0.15, 0.2) is 5.38 Å². The molecule has 102 valence electrons. The maximum atomic E-state index is 13.3. The Hall–Kier alpha value is -1.70. The van der Waals surface area contributed by atoms with Crippen LogP contribution in [0.4, 0.5) is 23.2 Å². The molecule has 0 aliphatic carbocycles. The van der Waals surface area contributed by atoms with E-state index in [9.17, 15) is 17.6 Å². The number of anilines is 1. The average Bonchev–Trinajstić information content (AvgIpc) is 2.77. The van der Waals surface area contributed by atoms with E-state index in [2.05, 4.69) is 15.3 Å². The second-order valence-electron chi connectivity index (χ2n) is 3.73. The zero-order valence-corrected chi connectivity index (χ0v) is 10.6. The van der Waals surface area contributed by atoms with Crippen molar-refractivity contribution in [2.75, 3.05) is 11.9 Å². The molecule has 0 atom stereocenters. The molecule has 0 spiro atoms. The van der Waals surface area contributed by atoms with Crippen LogP contribution in [-0.4, -0.2) is 16.5 Å². The summed E-state index contributed by atoms with van der Waals surface area (Å²) in [6, 6.07) is 0. The Morgan fingerprint density at radius 2 is 1.74 bits per heavy atom. The van der Waals surface area contributed by atoms with Gasteiger partial charge in [-0.3, -0.25) is 0 Å². The first-order valence-corrected chi connectivity index (χ1v) is 6.22. The molecule has 0 aliphatic rings. The molecule has 0 fully saturated rings. The lowest BCUT2D eigenvalue weighted by molar-refractivity contribution is 0.410. The average molecular weight is 291 g/mol. The summed E-state index contributed by atoms with van der Waals surface area (Å²) in [6.45, 7) is 1.93. The standard InChI is InChI=1S/C11H9F4N3S/c1-5-17-6(4-19-5)2-3-16-9-7(12)10(14)18-11(15)8(9)13/h4H,2-3H2,1H3,(H,16,18). The molecular weight excluding hydrogens is 282 g/mol. The summed E-state index contributed by atoms with van der Waals surface area (Å²) in [4.78, 5) is 6.62. The van der Waals surface area contributed by atoms with Gasteiger partial charge in [-0.2, -0.15) is 22.5 Å². The molecule has 2 aromatic rings. The predicted octanol–water partition coefficient (Wildman–Crippen LogP) is 3.06. The molecule has 0 unspecified atom stereocenters. The zero-order chi connectivity index (χ0) is 14.0. The van der Waals surface area contributed by atoms with Gasteiger partial charge in [0, 0.05) is 18.3 Å². The molecule has 0 saturated heterocycles.